The molecule has 0 aliphatic carbocycles. The summed E-state index contributed by atoms with van der Waals surface area (Å²) in [5.74, 6) is 0.383. The Morgan fingerprint density at radius 3 is 2.75 bits per heavy atom. The SMILES string of the molecule is CC(CO)CCCNC(c1cccs1)c1ccc(Cl)s1. The number of hydrogen-bond donors (Lipinski definition) is 2. The maximum absolute atomic E-state index is 9.04. The van der Waals surface area contributed by atoms with Crippen molar-refractivity contribution < 1.29 is 5.11 Å². The molecule has 0 aromatic carbocycles. The fourth-order valence-electron chi connectivity index (χ4n) is 2.07. The summed E-state index contributed by atoms with van der Waals surface area (Å²) in [5.41, 5.74) is 0. The highest BCUT2D eigenvalue weighted by Crippen LogP contribution is 2.33. The van der Waals surface area contributed by atoms with Crippen LogP contribution >= 0.6 is 34.3 Å². The van der Waals surface area contributed by atoms with Gasteiger partial charge in [-0.05, 0) is 48.9 Å². The number of hydrogen-bond acceptors (Lipinski definition) is 4. The second-order valence-electron chi connectivity index (χ2n) is 4.97. The standard InChI is InChI=1S/C15H20ClNOS2/c1-11(10-18)4-2-8-17-15(12-5-3-9-19-12)13-6-7-14(16)20-13/h3,5-7,9,11,15,17-18H,2,4,8,10H2,1H3. The quantitative estimate of drug-likeness (QED) is 0.696. The molecular formula is C15H20ClNOS2. The number of nitrogens with one attached hydrogen (secondary N) is 1. The van der Waals surface area contributed by atoms with Crippen molar-refractivity contribution in [3.63, 3.8) is 0 Å². The monoisotopic (exact) mass is 329 g/mol. The van der Waals surface area contributed by atoms with E-state index in [4.69, 9.17) is 16.7 Å². The summed E-state index contributed by atoms with van der Waals surface area (Å²) < 4.78 is 0.831. The Bertz CT molecular complexity index is 498. The summed E-state index contributed by atoms with van der Waals surface area (Å²) in [7, 11) is 0. The molecule has 0 aliphatic heterocycles. The maximum atomic E-state index is 9.04. The lowest BCUT2D eigenvalue weighted by molar-refractivity contribution is 0.228. The third kappa shape index (κ3) is 4.57. The molecule has 0 bridgehead atoms. The minimum Gasteiger partial charge on any atom is -0.396 e. The van der Waals surface area contributed by atoms with Crippen LogP contribution in [0.15, 0.2) is 29.6 Å². The van der Waals surface area contributed by atoms with Crippen LogP contribution in [0, 0.1) is 5.92 Å². The minimum absolute atomic E-state index is 0.233. The molecule has 0 saturated heterocycles. The lowest BCUT2D eigenvalue weighted by atomic mass is 10.1. The Morgan fingerprint density at radius 1 is 1.30 bits per heavy atom. The van der Waals surface area contributed by atoms with E-state index in [1.165, 1.54) is 9.75 Å². The molecule has 0 radical (unpaired) electrons. The third-order valence-electron chi connectivity index (χ3n) is 3.24. The Balaban J connectivity index is 1.94. The Morgan fingerprint density at radius 2 is 2.15 bits per heavy atom. The zero-order valence-electron chi connectivity index (χ0n) is 11.5. The number of halogens is 1. The van der Waals surface area contributed by atoms with Gasteiger partial charge in [-0.2, -0.15) is 0 Å². The highest BCUT2D eigenvalue weighted by Gasteiger charge is 2.16. The molecule has 5 heteroatoms. The van der Waals surface area contributed by atoms with Gasteiger partial charge in [-0.3, -0.25) is 0 Å². The Labute approximate surface area is 133 Å². The average Bonchev–Trinajstić information content (AvgIpc) is 3.10. The van der Waals surface area contributed by atoms with Gasteiger partial charge in [0.25, 0.3) is 0 Å². The minimum atomic E-state index is 0.233. The predicted molar refractivity (Wildman–Crippen MR) is 89.0 cm³/mol. The molecule has 2 atom stereocenters. The number of thiophene rings is 2. The van der Waals surface area contributed by atoms with Crippen molar-refractivity contribution in [1.29, 1.82) is 0 Å². The van der Waals surface area contributed by atoms with Gasteiger partial charge in [0.15, 0.2) is 0 Å². The molecule has 2 aromatic heterocycles. The topological polar surface area (TPSA) is 32.3 Å². The number of aliphatic hydroxyl groups is 1. The molecule has 0 aliphatic rings. The molecule has 2 unspecified atom stereocenters. The van der Waals surface area contributed by atoms with Crippen LogP contribution in [0.1, 0.15) is 35.6 Å². The summed E-state index contributed by atoms with van der Waals surface area (Å²) >= 11 is 9.45. The van der Waals surface area contributed by atoms with Crippen molar-refractivity contribution in [1.82, 2.24) is 5.32 Å². The molecular weight excluding hydrogens is 310 g/mol. The van der Waals surface area contributed by atoms with Crippen molar-refractivity contribution in [2.24, 2.45) is 5.92 Å². The van der Waals surface area contributed by atoms with Gasteiger partial charge in [-0.1, -0.05) is 24.6 Å². The highest BCUT2D eigenvalue weighted by molar-refractivity contribution is 7.16. The van der Waals surface area contributed by atoms with Crippen LogP contribution in [0.25, 0.3) is 0 Å². The number of rotatable bonds is 8. The van der Waals surface area contributed by atoms with Crippen molar-refractivity contribution in [3.8, 4) is 0 Å². The first-order valence-electron chi connectivity index (χ1n) is 6.83. The van der Waals surface area contributed by atoms with Crippen molar-refractivity contribution in [2.75, 3.05) is 13.2 Å². The molecule has 2 N–H and O–H groups in total. The molecule has 0 amide bonds. The van der Waals surface area contributed by atoms with E-state index in [9.17, 15) is 0 Å². The molecule has 20 heavy (non-hydrogen) atoms. The van der Waals surface area contributed by atoms with Crippen LogP contribution < -0.4 is 5.32 Å². The van der Waals surface area contributed by atoms with Gasteiger partial charge in [0.2, 0.25) is 0 Å². The maximum Gasteiger partial charge on any atom is 0.0931 e. The van der Waals surface area contributed by atoms with Gasteiger partial charge in [-0.25, -0.2) is 0 Å². The van der Waals surface area contributed by atoms with Crippen LogP contribution in [0.5, 0.6) is 0 Å². The van der Waals surface area contributed by atoms with E-state index < -0.39 is 0 Å². The van der Waals surface area contributed by atoms with E-state index in [0.717, 1.165) is 23.7 Å². The molecule has 110 valence electrons. The average molecular weight is 330 g/mol. The van der Waals surface area contributed by atoms with Crippen LogP contribution in [0.2, 0.25) is 4.34 Å². The predicted octanol–water partition coefficient (Wildman–Crippen LogP) is 4.55. The lowest BCUT2D eigenvalue weighted by Crippen LogP contribution is -2.22. The summed E-state index contributed by atoms with van der Waals surface area (Å²) in [5, 5.41) is 14.8. The zero-order valence-corrected chi connectivity index (χ0v) is 13.9. The summed E-state index contributed by atoms with van der Waals surface area (Å²) in [4.78, 5) is 2.58. The first kappa shape index (κ1) is 16.0. The van der Waals surface area contributed by atoms with Gasteiger partial charge >= 0.3 is 0 Å². The first-order chi connectivity index (χ1) is 9.70. The second kappa shape index (κ2) is 8.15. The molecule has 2 aromatic rings. The van der Waals surface area contributed by atoms with E-state index in [1.54, 1.807) is 22.7 Å². The van der Waals surface area contributed by atoms with E-state index in [2.05, 4.69) is 35.8 Å². The zero-order chi connectivity index (χ0) is 14.4. The Kier molecular flexibility index (Phi) is 6.52. The molecule has 0 fully saturated rings. The summed E-state index contributed by atoms with van der Waals surface area (Å²) in [6.07, 6.45) is 2.12. The normalized spacial score (nSPS) is 14.3. The van der Waals surface area contributed by atoms with Crippen LogP contribution in [0.4, 0.5) is 0 Å². The molecule has 2 rings (SSSR count). The lowest BCUT2D eigenvalue weighted by Gasteiger charge is -2.16. The number of aliphatic hydroxyl groups excluding tert-OH is 1. The van der Waals surface area contributed by atoms with Gasteiger partial charge in [0.05, 0.1) is 10.4 Å². The molecule has 2 nitrogen and oxygen atoms in total. The van der Waals surface area contributed by atoms with Crippen molar-refractivity contribution in [3.05, 3.63) is 43.7 Å². The van der Waals surface area contributed by atoms with Gasteiger partial charge < -0.3 is 10.4 Å². The van der Waals surface area contributed by atoms with E-state index in [0.29, 0.717) is 5.92 Å². The van der Waals surface area contributed by atoms with Gasteiger partial charge in [-0.15, -0.1) is 22.7 Å². The van der Waals surface area contributed by atoms with E-state index in [1.807, 2.05) is 6.07 Å². The molecule has 0 saturated carbocycles. The van der Waals surface area contributed by atoms with Crippen LogP contribution in [-0.2, 0) is 0 Å². The van der Waals surface area contributed by atoms with Crippen molar-refractivity contribution in [2.45, 2.75) is 25.8 Å². The van der Waals surface area contributed by atoms with Crippen LogP contribution in [0.3, 0.4) is 0 Å². The highest BCUT2D eigenvalue weighted by atomic mass is 35.5. The van der Waals surface area contributed by atoms with Crippen LogP contribution in [-0.4, -0.2) is 18.3 Å². The fraction of sp³-hybridized carbons (Fsp3) is 0.467. The first-order valence-corrected chi connectivity index (χ1v) is 8.91. The third-order valence-corrected chi connectivity index (χ3v) is 5.47. The largest absolute Gasteiger partial charge is 0.396 e. The van der Waals surface area contributed by atoms with Gasteiger partial charge in [0.1, 0.15) is 0 Å². The smallest absolute Gasteiger partial charge is 0.0931 e. The van der Waals surface area contributed by atoms with E-state index >= 15 is 0 Å². The Hall–Kier alpha value is -0.390. The summed E-state index contributed by atoms with van der Waals surface area (Å²) in [6.45, 7) is 3.30. The molecule has 2 heterocycles. The van der Waals surface area contributed by atoms with E-state index in [-0.39, 0.29) is 12.6 Å². The second-order valence-corrected chi connectivity index (χ2v) is 7.70. The summed E-state index contributed by atoms with van der Waals surface area (Å²) in [6, 6.07) is 8.53. The van der Waals surface area contributed by atoms with Gasteiger partial charge in [0, 0.05) is 16.4 Å². The fourth-order valence-corrected chi connectivity index (χ4v) is 4.12. The molecule has 0 spiro atoms. The van der Waals surface area contributed by atoms with Crippen molar-refractivity contribution >= 4 is 34.3 Å².